The van der Waals surface area contributed by atoms with Gasteiger partial charge in [-0.3, -0.25) is 0 Å². The van der Waals surface area contributed by atoms with Crippen LogP contribution in [0.2, 0.25) is 0 Å². The van der Waals surface area contributed by atoms with Crippen molar-refractivity contribution in [3.63, 3.8) is 0 Å². The Labute approximate surface area is 123 Å². The first-order valence-electron chi connectivity index (χ1n) is 6.89. The van der Waals surface area contributed by atoms with E-state index < -0.39 is 12.3 Å². The largest absolute Gasteiger partial charge is 0.430 e. The first-order chi connectivity index (χ1) is 10.3. The molecule has 1 fully saturated rings. The topological polar surface area (TPSA) is 44.8 Å². The fourth-order valence-corrected chi connectivity index (χ4v) is 2.18. The summed E-state index contributed by atoms with van der Waals surface area (Å²) < 4.78 is 15.8. The summed E-state index contributed by atoms with van der Waals surface area (Å²) in [5.74, 6) is -0.400. The number of rotatable bonds is 3. The Morgan fingerprint density at radius 2 is 1.81 bits per heavy atom. The number of carbonyl (C=O) groups excluding carboxylic acids is 1. The van der Waals surface area contributed by atoms with E-state index in [4.69, 9.17) is 14.2 Å². The average Bonchev–Trinajstić information content (AvgIpc) is 2.57. The zero-order chi connectivity index (χ0) is 14.5. The number of hydrogen-bond acceptors (Lipinski definition) is 4. The van der Waals surface area contributed by atoms with Crippen molar-refractivity contribution in [1.82, 2.24) is 0 Å². The van der Waals surface area contributed by atoms with E-state index >= 15 is 0 Å². The van der Waals surface area contributed by atoms with Gasteiger partial charge in [0.15, 0.2) is 0 Å². The maximum absolute atomic E-state index is 12.1. The number of hydrogen-bond donors (Lipinski definition) is 0. The van der Waals surface area contributed by atoms with E-state index in [-0.39, 0.29) is 6.61 Å². The summed E-state index contributed by atoms with van der Waals surface area (Å²) in [6.07, 6.45) is -0.619. The van der Waals surface area contributed by atoms with Crippen LogP contribution in [-0.4, -0.2) is 32.1 Å². The van der Waals surface area contributed by atoms with E-state index in [2.05, 4.69) is 0 Å². The molecule has 21 heavy (non-hydrogen) atoms. The lowest BCUT2D eigenvalue weighted by Gasteiger charge is -2.22. The second kappa shape index (κ2) is 6.52. The van der Waals surface area contributed by atoms with Crippen molar-refractivity contribution in [2.24, 2.45) is 0 Å². The fourth-order valence-electron chi connectivity index (χ4n) is 2.18. The molecule has 0 amide bonds. The Kier molecular flexibility index (Phi) is 4.28. The molecule has 0 aliphatic carbocycles. The molecule has 0 N–H and O–H groups in total. The highest BCUT2D eigenvalue weighted by molar-refractivity contribution is 5.91. The minimum Gasteiger partial charge on any atom is -0.430 e. The Bertz CT molecular complexity index is 603. The van der Waals surface area contributed by atoms with Gasteiger partial charge in [-0.15, -0.1) is 0 Å². The molecule has 0 aromatic heterocycles. The lowest BCUT2D eigenvalue weighted by atomic mass is 10.0. The van der Waals surface area contributed by atoms with Gasteiger partial charge in [-0.2, -0.15) is 0 Å². The molecule has 1 heterocycles. The summed E-state index contributed by atoms with van der Waals surface area (Å²) in [6, 6.07) is 17.3. The number of esters is 1. The maximum Gasteiger partial charge on any atom is 0.340 e. The summed E-state index contributed by atoms with van der Waals surface area (Å²) in [5.41, 5.74) is 2.54. The predicted molar refractivity (Wildman–Crippen MR) is 77.9 cm³/mol. The first kappa shape index (κ1) is 13.8. The fraction of sp³-hybridized carbons (Fsp3) is 0.235. The third kappa shape index (κ3) is 3.48. The van der Waals surface area contributed by atoms with Crippen molar-refractivity contribution in [2.75, 3.05) is 19.8 Å². The van der Waals surface area contributed by atoms with Gasteiger partial charge in [-0.25, -0.2) is 4.79 Å². The quantitative estimate of drug-likeness (QED) is 0.813. The summed E-state index contributed by atoms with van der Waals surface area (Å²) >= 11 is 0. The first-order valence-corrected chi connectivity index (χ1v) is 6.89. The van der Waals surface area contributed by atoms with Gasteiger partial charge in [0.05, 0.1) is 18.8 Å². The van der Waals surface area contributed by atoms with Crippen LogP contribution in [0.15, 0.2) is 54.6 Å². The molecule has 0 saturated carbocycles. The molecule has 1 aliphatic rings. The zero-order valence-electron chi connectivity index (χ0n) is 11.5. The van der Waals surface area contributed by atoms with Gasteiger partial charge in [0.25, 0.3) is 0 Å². The molecule has 4 nitrogen and oxygen atoms in total. The van der Waals surface area contributed by atoms with Gasteiger partial charge in [-0.05, 0) is 23.3 Å². The maximum atomic E-state index is 12.1. The van der Waals surface area contributed by atoms with E-state index in [9.17, 15) is 4.79 Å². The number of carbonyl (C=O) groups is 1. The van der Waals surface area contributed by atoms with Gasteiger partial charge >= 0.3 is 5.97 Å². The van der Waals surface area contributed by atoms with E-state index in [1.54, 1.807) is 6.07 Å². The SMILES string of the molecule is O=C(OC1COCCO1)c1cccc(-c2ccccc2)c1. The van der Waals surface area contributed by atoms with Crippen LogP contribution in [0, 0.1) is 0 Å². The third-order valence-corrected chi connectivity index (χ3v) is 3.23. The van der Waals surface area contributed by atoms with E-state index in [1.807, 2.05) is 48.5 Å². The molecule has 1 saturated heterocycles. The molecule has 1 unspecified atom stereocenters. The summed E-state index contributed by atoms with van der Waals surface area (Å²) in [4.78, 5) is 12.1. The molecule has 0 spiro atoms. The van der Waals surface area contributed by atoms with Crippen molar-refractivity contribution >= 4 is 5.97 Å². The van der Waals surface area contributed by atoms with E-state index in [0.717, 1.165) is 11.1 Å². The van der Waals surface area contributed by atoms with Gasteiger partial charge in [0, 0.05) is 0 Å². The van der Waals surface area contributed by atoms with Crippen molar-refractivity contribution in [1.29, 1.82) is 0 Å². The van der Waals surface area contributed by atoms with Crippen LogP contribution in [0.5, 0.6) is 0 Å². The van der Waals surface area contributed by atoms with Crippen LogP contribution in [0.4, 0.5) is 0 Å². The smallest absolute Gasteiger partial charge is 0.340 e. The molecular weight excluding hydrogens is 268 g/mol. The summed E-state index contributed by atoms with van der Waals surface area (Å²) in [7, 11) is 0. The average molecular weight is 284 g/mol. The predicted octanol–water partition coefficient (Wildman–Crippen LogP) is 2.88. The van der Waals surface area contributed by atoms with E-state index in [0.29, 0.717) is 18.8 Å². The second-order valence-corrected chi connectivity index (χ2v) is 4.73. The molecule has 4 heteroatoms. The Hall–Kier alpha value is -2.17. The molecule has 1 aliphatic heterocycles. The van der Waals surface area contributed by atoms with Crippen molar-refractivity contribution in [3.8, 4) is 11.1 Å². The minimum atomic E-state index is -0.619. The number of benzene rings is 2. The van der Waals surface area contributed by atoms with Crippen LogP contribution in [0.1, 0.15) is 10.4 Å². The standard InChI is InChI=1S/C17H16O4/c18-17(21-16-12-19-9-10-20-16)15-8-4-7-14(11-15)13-5-2-1-3-6-13/h1-8,11,16H,9-10,12H2. The summed E-state index contributed by atoms with van der Waals surface area (Å²) in [6.45, 7) is 1.27. The van der Waals surface area contributed by atoms with Crippen LogP contribution in [0.3, 0.4) is 0 Å². The van der Waals surface area contributed by atoms with Crippen LogP contribution in [-0.2, 0) is 14.2 Å². The Morgan fingerprint density at radius 3 is 2.57 bits per heavy atom. The normalized spacial score (nSPS) is 18.2. The Balaban J connectivity index is 1.74. The van der Waals surface area contributed by atoms with Gasteiger partial charge < -0.3 is 14.2 Å². The second-order valence-electron chi connectivity index (χ2n) is 4.73. The highest BCUT2D eigenvalue weighted by atomic mass is 16.7. The number of ether oxygens (including phenoxy) is 3. The Morgan fingerprint density at radius 1 is 1.00 bits per heavy atom. The van der Waals surface area contributed by atoms with Gasteiger partial charge in [0.2, 0.25) is 6.29 Å². The lowest BCUT2D eigenvalue weighted by molar-refractivity contribution is -0.186. The molecule has 2 aromatic rings. The highest BCUT2D eigenvalue weighted by Crippen LogP contribution is 2.20. The van der Waals surface area contributed by atoms with Crippen molar-refractivity contribution in [2.45, 2.75) is 6.29 Å². The lowest BCUT2D eigenvalue weighted by Crippen LogP contribution is -2.32. The molecule has 1 atom stereocenters. The molecule has 3 rings (SSSR count). The van der Waals surface area contributed by atoms with Crippen molar-refractivity contribution in [3.05, 3.63) is 60.2 Å². The minimum absolute atomic E-state index is 0.282. The van der Waals surface area contributed by atoms with Crippen LogP contribution in [0.25, 0.3) is 11.1 Å². The van der Waals surface area contributed by atoms with Crippen molar-refractivity contribution < 1.29 is 19.0 Å². The molecule has 0 bridgehead atoms. The third-order valence-electron chi connectivity index (χ3n) is 3.23. The van der Waals surface area contributed by atoms with Crippen LogP contribution < -0.4 is 0 Å². The molecule has 2 aromatic carbocycles. The molecule has 108 valence electrons. The molecular formula is C17H16O4. The van der Waals surface area contributed by atoms with Crippen LogP contribution >= 0.6 is 0 Å². The van der Waals surface area contributed by atoms with Gasteiger partial charge in [0.1, 0.15) is 6.61 Å². The zero-order valence-corrected chi connectivity index (χ0v) is 11.5. The highest BCUT2D eigenvalue weighted by Gasteiger charge is 2.20. The molecule has 0 radical (unpaired) electrons. The summed E-state index contributed by atoms with van der Waals surface area (Å²) in [5, 5.41) is 0. The monoisotopic (exact) mass is 284 g/mol. The van der Waals surface area contributed by atoms with Gasteiger partial charge in [-0.1, -0.05) is 42.5 Å². The van der Waals surface area contributed by atoms with E-state index in [1.165, 1.54) is 0 Å².